The highest BCUT2D eigenvalue weighted by atomic mass is 19.1. The maximum Gasteiger partial charge on any atom is 0.130 e. The number of hydrogen-bond acceptors (Lipinski definition) is 3. The third-order valence-corrected chi connectivity index (χ3v) is 2.14. The molecular formula is C13H11FN2O. The Morgan fingerprint density at radius 1 is 1.06 bits per heavy atom. The Bertz CT molecular complexity index is 523. The van der Waals surface area contributed by atoms with Crippen LogP contribution in [0.5, 0.6) is 11.5 Å². The van der Waals surface area contributed by atoms with E-state index in [9.17, 15) is 4.39 Å². The number of halogens is 1. The van der Waals surface area contributed by atoms with E-state index in [4.69, 9.17) is 10.6 Å². The average molecular weight is 230 g/mol. The Hall–Kier alpha value is -2.36. The molecule has 0 aliphatic carbocycles. The molecule has 2 aromatic rings. The molecular weight excluding hydrogens is 219 g/mol. The van der Waals surface area contributed by atoms with Gasteiger partial charge in [0.25, 0.3) is 0 Å². The van der Waals surface area contributed by atoms with Gasteiger partial charge in [-0.25, -0.2) is 4.39 Å². The maximum absolute atomic E-state index is 12.9. The van der Waals surface area contributed by atoms with E-state index in [2.05, 4.69) is 5.10 Å². The minimum atomic E-state index is -0.325. The highest BCUT2D eigenvalue weighted by Crippen LogP contribution is 2.21. The summed E-state index contributed by atoms with van der Waals surface area (Å²) in [5, 5.41) is 3.42. The van der Waals surface area contributed by atoms with Crippen LogP contribution in [-0.4, -0.2) is 6.21 Å². The van der Waals surface area contributed by atoms with Crippen LogP contribution in [-0.2, 0) is 0 Å². The van der Waals surface area contributed by atoms with E-state index in [1.165, 1.54) is 18.3 Å². The fourth-order valence-electron chi connectivity index (χ4n) is 1.37. The van der Waals surface area contributed by atoms with Crippen molar-refractivity contribution in [3.63, 3.8) is 0 Å². The van der Waals surface area contributed by atoms with Gasteiger partial charge in [-0.15, -0.1) is 0 Å². The van der Waals surface area contributed by atoms with Gasteiger partial charge >= 0.3 is 0 Å². The molecule has 3 nitrogen and oxygen atoms in total. The smallest absolute Gasteiger partial charge is 0.130 e. The summed E-state index contributed by atoms with van der Waals surface area (Å²) in [6.45, 7) is 0. The molecule has 4 heteroatoms. The van der Waals surface area contributed by atoms with Crippen molar-refractivity contribution in [3.05, 3.63) is 59.9 Å². The summed E-state index contributed by atoms with van der Waals surface area (Å²) in [5.74, 6) is 5.80. The molecule has 0 heterocycles. The molecule has 0 fully saturated rings. The van der Waals surface area contributed by atoms with Gasteiger partial charge in [0.15, 0.2) is 0 Å². The summed E-state index contributed by atoms with van der Waals surface area (Å²) in [7, 11) is 0. The first kappa shape index (κ1) is 11.1. The lowest BCUT2D eigenvalue weighted by atomic mass is 10.2. The van der Waals surface area contributed by atoms with Crippen LogP contribution in [0.3, 0.4) is 0 Å². The van der Waals surface area contributed by atoms with E-state index < -0.39 is 0 Å². The van der Waals surface area contributed by atoms with Crippen molar-refractivity contribution in [3.8, 4) is 11.5 Å². The summed E-state index contributed by atoms with van der Waals surface area (Å²) in [6, 6.07) is 13.1. The quantitative estimate of drug-likeness (QED) is 0.500. The monoisotopic (exact) mass is 230 g/mol. The van der Waals surface area contributed by atoms with Crippen molar-refractivity contribution in [2.24, 2.45) is 10.9 Å². The van der Waals surface area contributed by atoms with Crippen LogP contribution in [0.2, 0.25) is 0 Å². The third-order valence-electron chi connectivity index (χ3n) is 2.14. The highest BCUT2D eigenvalue weighted by molar-refractivity contribution is 5.79. The Balaban J connectivity index is 2.13. The molecule has 17 heavy (non-hydrogen) atoms. The number of benzene rings is 2. The lowest BCUT2D eigenvalue weighted by molar-refractivity contribution is 0.477. The van der Waals surface area contributed by atoms with Gasteiger partial charge in [-0.3, -0.25) is 0 Å². The van der Waals surface area contributed by atoms with Crippen LogP contribution in [0, 0.1) is 5.82 Å². The van der Waals surface area contributed by atoms with E-state index in [0.717, 1.165) is 5.56 Å². The molecule has 0 radical (unpaired) electrons. The first-order chi connectivity index (χ1) is 8.28. The summed E-state index contributed by atoms with van der Waals surface area (Å²) < 4.78 is 18.4. The molecule has 0 aliphatic rings. The summed E-state index contributed by atoms with van der Waals surface area (Å²) in [6.07, 6.45) is 1.53. The van der Waals surface area contributed by atoms with E-state index in [-0.39, 0.29) is 5.82 Å². The molecule has 0 unspecified atom stereocenters. The van der Waals surface area contributed by atoms with Gasteiger partial charge in [0, 0.05) is 6.07 Å². The number of hydrogen-bond donors (Lipinski definition) is 1. The predicted molar refractivity (Wildman–Crippen MR) is 64.7 cm³/mol. The normalized spacial score (nSPS) is 10.6. The van der Waals surface area contributed by atoms with Crippen LogP contribution in [0.25, 0.3) is 0 Å². The zero-order valence-corrected chi connectivity index (χ0v) is 9.01. The van der Waals surface area contributed by atoms with Crippen molar-refractivity contribution >= 4 is 6.21 Å². The molecule has 0 spiro atoms. The Kier molecular flexibility index (Phi) is 3.35. The van der Waals surface area contributed by atoms with Gasteiger partial charge < -0.3 is 10.6 Å². The highest BCUT2D eigenvalue weighted by Gasteiger charge is 1.98. The standard InChI is InChI=1S/C13H11FN2O/c14-11-2-1-3-13(8-11)17-12-6-4-10(5-7-12)9-16-15/h1-9H,15H2. The van der Waals surface area contributed by atoms with Crippen molar-refractivity contribution < 1.29 is 9.13 Å². The minimum absolute atomic E-state index is 0.325. The van der Waals surface area contributed by atoms with Gasteiger partial charge in [0.05, 0.1) is 6.21 Å². The van der Waals surface area contributed by atoms with E-state index >= 15 is 0 Å². The first-order valence-electron chi connectivity index (χ1n) is 5.05. The number of ether oxygens (including phenoxy) is 1. The van der Waals surface area contributed by atoms with E-state index in [0.29, 0.717) is 11.5 Å². The SMILES string of the molecule is NN=Cc1ccc(Oc2cccc(F)c2)cc1. The molecule has 0 aliphatic heterocycles. The van der Waals surface area contributed by atoms with Gasteiger partial charge in [-0.05, 0) is 42.0 Å². The van der Waals surface area contributed by atoms with Crippen molar-refractivity contribution in [1.82, 2.24) is 0 Å². The molecule has 0 saturated heterocycles. The van der Waals surface area contributed by atoms with Crippen LogP contribution >= 0.6 is 0 Å². The van der Waals surface area contributed by atoms with Crippen LogP contribution in [0.15, 0.2) is 53.6 Å². The second-order valence-electron chi connectivity index (χ2n) is 3.41. The number of hydrazone groups is 1. The molecule has 86 valence electrons. The lowest BCUT2D eigenvalue weighted by Gasteiger charge is -2.05. The van der Waals surface area contributed by atoms with Crippen molar-refractivity contribution in [2.45, 2.75) is 0 Å². The molecule has 2 rings (SSSR count). The Morgan fingerprint density at radius 2 is 1.82 bits per heavy atom. The molecule has 0 saturated carbocycles. The second-order valence-corrected chi connectivity index (χ2v) is 3.41. The van der Waals surface area contributed by atoms with Gasteiger partial charge in [0.2, 0.25) is 0 Å². The van der Waals surface area contributed by atoms with Gasteiger partial charge in [0.1, 0.15) is 17.3 Å². The predicted octanol–water partition coefficient (Wildman–Crippen LogP) is 2.91. The zero-order valence-electron chi connectivity index (χ0n) is 9.01. The fraction of sp³-hybridized carbons (Fsp3) is 0. The number of rotatable bonds is 3. The zero-order chi connectivity index (χ0) is 12.1. The first-order valence-corrected chi connectivity index (χ1v) is 5.05. The van der Waals surface area contributed by atoms with Crippen molar-refractivity contribution in [1.29, 1.82) is 0 Å². The second kappa shape index (κ2) is 5.12. The molecule has 0 aromatic heterocycles. The number of nitrogens with zero attached hydrogens (tertiary/aromatic N) is 1. The van der Waals surface area contributed by atoms with Crippen molar-refractivity contribution in [2.75, 3.05) is 0 Å². The summed E-state index contributed by atoms with van der Waals surface area (Å²) in [5.41, 5.74) is 0.874. The molecule has 0 bridgehead atoms. The third kappa shape index (κ3) is 3.04. The largest absolute Gasteiger partial charge is 0.457 e. The maximum atomic E-state index is 12.9. The molecule has 2 aromatic carbocycles. The summed E-state index contributed by atoms with van der Waals surface area (Å²) >= 11 is 0. The molecule has 0 amide bonds. The average Bonchev–Trinajstić information content (AvgIpc) is 2.32. The van der Waals surface area contributed by atoms with Crippen LogP contribution in [0.1, 0.15) is 5.56 Å². The Morgan fingerprint density at radius 3 is 2.47 bits per heavy atom. The minimum Gasteiger partial charge on any atom is -0.457 e. The fourth-order valence-corrected chi connectivity index (χ4v) is 1.37. The number of nitrogens with two attached hydrogens (primary N) is 1. The summed E-state index contributed by atoms with van der Waals surface area (Å²) in [4.78, 5) is 0. The van der Waals surface area contributed by atoms with Crippen LogP contribution < -0.4 is 10.6 Å². The van der Waals surface area contributed by atoms with E-state index in [1.807, 2.05) is 12.1 Å². The molecule has 2 N–H and O–H groups in total. The van der Waals surface area contributed by atoms with Gasteiger partial charge in [-0.1, -0.05) is 6.07 Å². The van der Waals surface area contributed by atoms with Gasteiger partial charge in [-0.2, -0.15) is 5.10 Å². The Labute approximate surface area is 98.3 Å². The topological polar surface area (TPSA) is 47.6 Å². The lowest BCUT2D eigenvalue weighted by Crippen LogP contribution is -1.88. The van der Waals surface area contributed by atoms with Crippen LogP contribution in [0.4, 0.5) is 4.39 Å². The molecule has 0 atom stereocenters. The van der Waals surface area contributed by atoms with E-state index in [1.54, 1.807) is 24.3 Å².